The summed E-state index contributed by atoms with van der Waals surface area (Å²) in [6.45, 7) is 1.01. The Balaban J connectivity index is 1.57. The van der Waals surface area contributed by atoms with Crippen molar-refractivity contribution in [3.63, 3.8) is 0 Å². The van der Waals surface area contributed by atoms with Crippen LogP contribution in [0.15, 0.2) is 53.4 Å². The highest BCUT2D eigenvalue weighted by atomic mass is 32.2. The van der Waals surface area contributed by atoms with Crippen LogP contribution < -0.4 is 15.2 Å². The van der Waals surface area contributed by atoms with Gasteiger partial charge in [-0.3, -0.25) is 4.79 Å². The molecule has 0 bridgehead atoms. The van der Waals surface area contributed by atoms with Crippen molar-refractivity contribution in [1.82, 2.24) is 5.32 Å². The Bertz CT molecular complexity index is 863. The van der Waals surface area contributed by atoms with E-state index >= 15 is 0 Å². The Morgan fingerprint density at radius 3 is 2.60 bits per heavy atom. The molecule has 1 aliphatic heterocycles. The van der Waals surface area contributed by atoms with Crippen LogP contribution in [0, 0.1) is 0 Å². The molecular formula is C18H20N2O4S. The first-order chi connectivity index (χ1) is 11.9. The summed E-state index contributed by atoms with van der Waals surface area (Å²) in [5.41, 5.74) is 1.85. The summed E-state index contributed by atoms with van der Waals surface area (Å²) in [7, 11) is -3.68. The van der Waals surface area contributed by atoms with E-state index < -0.39 is 10.0 Å². The molecular weight excluding hydrogens is 340 g/mol. The predicted octanol–water partition coefficient (Wildman–Crippen LogP) is 1.56. The highest BCUT2D eigenvalue weighted by Gasteiger charge is 2.26. The average Bonchev–Trinajstić information content (AvgIpc) is 2.61. The fraction of sp³-hybridized carbons (Fsp3) is 0.278. The SMILES string of the molecule is NS(=O)(=O)c1ccc(CCNC(=O)C2CCOc3ccccc32)cc1. The number of nitrogens with one attached hydrogen (secondary N) is 1. The van der Waals surface area contributed by atoms with E-state index in [1.165, 1.54) is 12.1 Å². The third-order valence-corrected chi connectivity index (χ3v) is 5.17. The Kier molecular flexibility index (Phi) is 5.06. The van der Waals surface area contributed by atoms with Gasteiger partial charge in [0.05, 0.1) is 17.4 Å². The lowest BCUT2D eigenvalue weighted by Gasteiger charge is -2.25. The first-order valence-corrected chi connectivity index (χ1v) is 9.61. The second-order valence-electron chi connectivity index (χ2n) is 5.96. The summed E-state index contributed by atoms with van der Waals surface area (Å²) in [4.78, 5) is 12.6. The zero-order chi connectivity index (χ0) is 17.9. The van der Waals surface area contributed by atoms with Crippen LogP contribution in [0.2, 0.25) is 0 Å². The van der Waals surface area contributed by atoms with Crippen molar-refractivity contribution in [2.75, 3.05) is 13.2 Å². The van der Waals surface area contributed by atoms with Crippen molar-refractivity contribution in [2.24, 2.45) is 5.14 Å². The smallest absolute Gasteiger partial charge is 0.238 e. The summed E-state index contributed by atoms with van der Waals surface area (Å²) in [5, 5.41) is 8.02. The molecule has 2 aromatic carbocycles. The fourth-order valence-electron chi connectivity index (χ4n) is 2.91. The van der Waals surface area contributed by atoms with E-state index in [1.807, 2.05) is 24.3 Å². The van der Waals surface area contributed by atoms with Gasteiger partial charge in [0.15, 0.2) is 0 Å². The van der Waals surface area contributed by atoms with Gasteiger partial charge < -0.3 is 10.1 Å². The minimum absolute atomic E-state index is 0.0168. The fourth-order valence-corrected chi connectivity index (χ4v) is 3.43. The number of hydrogen-bond acceptors (Lipinski definition) is 4. The minimum Gasteiger partial charge on any atom is -0.493 e. The molecule has 6 nitrogen and oxygen atoms in total. The lowest BCUT2D eigenvalue weighted by atomic mass is 9.92. The number of ether oxygens (including phenoxy) is 1. The number of rotatable bonds is 5. The largest absolute Gasteiger partial charge is 0.493 e. The summed E-state index contributed by atoms with van der Waals surface area (Å²) in [6.07, 6.45) is 1.27. The number of nitrogens with two attached hydrogens (primary N) is 1. The summed E-state index contributed by atoms with van der Waals surface area (Å²) < 4.78 is 28.0. The van der Waals surface area contributed by atoms with E-state index in [4.69, 9.17) is 9.88 Å². The highest BCUT2D eigenvalue weighted by Crippen LogP contribution is 2.33. The molecule has 0 aliphatic carbocycles. The maximum Gasteiger partial charge on any atom is 0.238 e. The van der Waals surface area contributed by atoms with Crippen LogP contribution >= 0.6 is 0 Å². The van der Waals surface area contributed by atoms with Gasteiger partial charge in [-0.15, -0.1) is 0 Å². The van der Waals surface area contributed by atoms with Crippen LogP contribution in [0.25, 0.3) is 0 Å². The van der Waals surface area contributed by atoms with Crippen molar-refractivity contribution in [2.45, 2.75) is 23.7 Å². The van der Waals surface area contributed by atoms with Gasteiger partial charge in [0, 0.05) is 12.1 Å². The van der Waals surface area contributed by atoms with Gasteiger partial charge in [-0.1, -0.05) is 30.3 Å². The summed E-state index contributed by atoms with van der Waals surface area (Å²) in [5.74, 6) is 0.555. The van der Waals surface area contributed by atoms with Crippen molar-refractivity contribution in [1.29, 1.82) is 0 Å². The topological polar surface area (TPSA) is 98.5 Å². The number of fused-ring (bicyclic) bond motifs is 1. The number of benzene rings is 2. The number of primary sulfonamides is 1. The van der Waals surface area contributed by atoms with Crippen LogP contribution in [0.3, 0.4) is 0 Å². The Morgan fingerprint density at radius 1 is 1.16 bits per heavy atom. The molecule has 7 heteroatoms. The zero-order valence-corrected chi connectivity index (χ0v) is 14.5. The number of hydrogen-bond donors (Lipinski definition) is 2. The van der Waals surface area contributed by atoms with E-state index in [0.717, 1.165) is 16.9 Å². The Morgan fingerprint density at radius 2 is 1.88 bits per heavy atom. The van der Waals surface area contributed by atoms with Gasteiger partial charge in [0.25, 0.3) is 0 Å². The van der Waals surface area contributed by atoms with Crippen molar-refractivity contribution < 1.29 is 17.9 Å². The molecule has 3 N–H and O–H groups in total. The number of carbonyl (C=O) groups is 1. The zero-order valence-electron chi connectivity index (χ0n) is 13.6. The molecule has 1 amide bonds. The first-order valence-electron chi connectivity index (χ1n) is 8.06. The van der Waals surface area contributed by atoms with E-state index in [1.54, 1.807) is 12.1 Å². The molecule has 1 heterocycles. The minimum atomic E-state index is -3.68. The second kappa shape index (κ2) is 7.25. The highest BCUT2D eigenvalue weighted by molar-refractivity contribution is 7.89. The van der Waals surface area contributed by atoms with Crippen molar-refractivity contribution >= 4 is 15.9 Å². The lowest BCUT2D eigenvalue weighted by Crippen LogP contribution is -2.33. The Labute approximate surface area is 147 Å². The third-order valence-electron chi connectivity index (χ3n) is 4.24. The maximum absolute atomic E-state index is 12.5. The van der Waals surface area contributed by atoms with Crippen molar-refractivity contribution in [3.8, 4) is 5.75 Å². The molecule has 0 spiro atoms. The van der Waals surface area contributed by atoms with Gasteiger partial charge in [-0.2, -0.15) is 0 Å². The van der Waals surface area contributed by atoms with E-state index in [9.17, 15) is 13.2 Å². The number of sulfonamides is 1. The predicted molar refractivity (Wildman–Crippen MR) is 93.8 cm³/mol. The van der Waals surface area contributed by atoms with Crippen LogP contribution in [0.5, 0.6) is 5.75 Å². The van der Waals surface area contributed by atoms with Crippen LogP contribution in [-0.4, -0.2) is 27.5 Å². The van der Waals surface area contributed by atoms with Gasteiger partial charge in [-0.05, 0) is 36.6 Å². The van der Waals surface area contributed by atoms with Crippen LogP contribution in [0.4, 0.5) is 0 Å². The molecule has 25 heavy (non-hydrogen) atoms. The average molecular weight is 360 g/mol. The van der Waals surface area contributed by atoms with Gasteiger partial charge >= 0.3 is 0 Å². The molecule has 1 aliphatic rings. The molecule has 0 saturated heterocycles. The molecule has 1 atom stereocenters. The standard InChI is InChI=1S/C18H20N2O4S/c19-25(22,23)14-7-5-13(6-8-14)9-11-20-18(21)16-10-12-24-17-4-2-1-3-15(16)17/h1-8,16H,9-12H2,(H,20,21)(H2,19,22,23). The number of amides is 1. The van der Waals surface area contributed by atoms with Gasteiger partial charge in [-0.25, -0.2) is 13.6 Å². The summed E-state index contributed by atoms with van der Waals surface area (Å²) in [6, 6.07) is 13.9. The van der Waals surface area contributed by atoms with Crippen molar-refractivity contribution in [3.05, 3.63) is 59.7 Å². The molecule has 0 radical (unpaired) electrons. The van der Waals surface area contributed by atoms with E-state index in [2.05, 4.69) is 5.32 Å². The van der Waals surface area contributed by atoms with Crippen LogP contribution in [-0.2, 0) is 21.2 Å². The van der Waals surface area contributed by atoms with Crippen LogP contribution in [0.1, 0.15) is 23.5 Å². The maximum atomic E-state index is 12.5. The quantitative estimate of drug-likeness (QED) is 0.845. The van der Waals surface area contributed by atoms with E-state index in [0.29, 0.717) is 26.0 Å². The molecule has 1 unspecified atom stereocenters. The Hall–Kier alpha value is -2.38. The normalized spacial score (nSPS) is 16.6. The molecule has 2 aromatic rings. The number of carbonyl (C=O) groups excluding carboxylic acids is 1. The summed E-state index contributed by atoms with van der Waals surface area (Å²) >= 11 is 0. The molecule has 3 rings (SSSR count). The van der Waals surface area contributed by atoms with E-state index in [-0.39, 0.29) is 16.7 Å². The van der Waals surface area contributed by atoms with Gasteiger partial charge in [0.2, 0.25) is 15.9 Å². The molecule has 0 fully saturated rings. The third kappa shape index (κ3) is 4.18. The molecule has 132 valence electrons. The first kappa shape index (κ1) is 17.4. The number of para-hydroxylation sites is 1. The lowest BCUT2D eigenvalue weighted by molar-refractivity contribution is -0.123. The molecule has 0 aromatic heterocycles. The second-order valence-corrected chi connectivity index (χ2v) is 7.52. The van der Waals surface area contributed by atoms with Gasteiger partial charge in [0.1, 0.15) is 5.75 Å². The monoisotopic (exact) mass is 360 g/mol. The molecule has 0 saturated carbocycles.